The molecule has 23 heavy (non-hydrogen) atoms. The van der Waals surface area contributed by atoms with Crippen LogP contribution in [0.5, 0.6) is 0 Å². The van der Waals surface area contributed by atoms with Gasteiger partial charge >= 0.3 is 0 Å². The van der Waals surface area contributed by atoms with E-state index in [0.29, 0.717) is 25.7 Å². The van der Waals surface area contributed by atoms with Crippen molar-refractivity contribution in [2.24, 2.45) is 11.3 Å². The van der Waals surface area contributed by atoms with Crippen molar-refractivity contribution in [1.29, 1.82) is 0 Å². The molecule has 1 spiro atoms. The topological polar surface area (TPSA) is 70.1 Å². The Kier molecular flexibility index (Phi) is 4.40. The van der Waals surface area contributed by atoms with E-state index in [1.807, 2.05) is 0 Å². The van der Waals surface area contributed by atoms with E-state index in [-0.39, 0.29) is 17.4 Å². The van der Waals surface area contributed by atoms with E-state index >= 15 is 0 Å². The number of likely N-dealkylation sites (N-methyl/N-ethyl adjacent to an activating group) is 1. The van der Waals surface area contributed by atoms with Gasteiger partial charge in [0.15, 0.2) is 0 Å². The Morgan fingerprint density at radius 2 is 1.87 bits per heavy atom. The van der Waals surface area contributed by atoms with Crippen molar-refractivity contribution in [3.8, 4) is 0 Å². The van der Waals surface area contributed by atoms with E-state index in [1.165, 1.54) is 0 Å². The number of amides is 2. The zero-order valence-corrected chi connectivity index (χ0v) is 14.2. The Balaban J connectivity index is 1.76. The molecule has 0 aromatic carbocycles. The van der Waals surface area contributed by atoms with Gasteiger partial charge in [-0.3, -0.25) is 9.59 Å². The fraction of sp³-hybridized carbons (Fsp3) is 0.882. The molecule has 0 aromatic heterocycles. The highest BCUT2D eigenvalue weighted by atomic mass is 16.5. The van der Waals surface area contributed by atoms with E-state index in [1.54, 1.807) is 23.9 Å². The van der Waals surface area contributed by atoms with Crippen LogP contribution < -0.4 is 0 Å². The van der Waals surface area contributed by atoms with E-state index in [4.69, 9.17) is 4.74 Å². The minimum Gasteiger partial charge on any atom is -0.393 e. The number of ether oxygens (including phenoxy) is 1. The molecule has 1 saturated heterocycles. The molecule has 6 nitrogen and oxygen atoms in total. The Hall–Kier alpha value is -1.14. The highest BCUT2D eigenvalue weighted by Gasteiger charge is 2.62. The lowest BCUT2D eigenvalue weighted by Crippen LogP contribution is -2.70. The van der Waals surface area contributed by atoms with Gasteiger partial charge in [-0.2, -0.15) is 0 Å². The van der Waals surface area contributed by atoms with Crippen molar-refractivity contribution in [1.82, 2.24) is 9.80 Å². The average molecular weight is 324 g/mol. The van der Waals surface area contributed by atoms with Gasteiger partial charge in [0.05, 0.1) is 19.3 Å². The number of aliphatic hydroxyl groups is 1. The number of hydrogen-bond donors (Lipinski definition) is 1. The Morgan fingerprint density at radius 3 is 2.30 bits per heavy atom. The van der Waals surface area contributed by atoms with Crippen LogP contribution >= 0.6 is 0 Å². The minimum atomic E-state index is -0.691. The second kappa shape index (κ2) is 6.06. The maximum atomic E-state index is 12.9. The van der Waals surface area contributed by atoms with Crippen molar-refractivity contribution in [3.63, 3.8) is 0 Å². The molecule has 1 aliphatic heterocycles. The summed E-state index contributed by atoms with van der Waals surface area (Å²) in [5, 5.41) is 9.75. The third kappa shape index (κ3) is 2.87. The molecule has 0 aromatic rings. The zero-order valence-electron chi connectivity index (χ0n) is 14.2. The molecule has 2 aliphatic carbocycles. The van der Waals surface area contributed by atoms with Gasteiger partial charge in [0, 0.05) is 26.6 Å². The highest BCUT2D eigenvalue weighted by Crippen LogP contribution is 2.59. The summed E-state index contributed by atoms with van der Waals surface area (Å²) in [6.45, 7) is 1.95. The average Bonchev–Trinajstić information content (AvgIpc) is 2.45. The van der Waals surface area contributed by atoms with Gasteiger partial charge in [0.2, 0.25) is 12.3 Å². The van der Waals surface area contributed by atoms with Crippen LogP contribution in [0.25, 0.3) is 0 Å². The van der Waals surface area contributed by atoms with E-state index in [0.717, 1.165) is 44.9 Å². The Morgan fingerprint density at radius 1 is 1.26 bits per heavy atom. The van der Waals surface area contributed by atoms with Gasteiger partial charge in [0.1, 0.15) is 5.54 Å². The summed E-state index contributed by atoms with van der Waals surface area (Å²) in [7, 11) is 3.52. The lowest BCUT2D eigenvalue weighted by atomic mass is 9.51. The van der Waals surface area contributed by atoms with Crippen molar-refractivity contribution < 1.29 is 19.4 Å². The molecule has 3 fully saturated rings. The van der Waals surface area contributed by atoms with Crippen LogP contribution in [0.15, 0.2) is 0 Å². The summed E-state index contributed by atoms with van der Waals surface area (Å²) in [5.41, 5.74) is -0.564. The first-order chi connectivity index (χ1) is 10.9. The molecule has 130 valence electrons. The summed E-state index contributed by atoms with van der Waals surface area (Å²) in [5.74, 6) is 0.373. The first-order valence-corrected chi connectivity index (χ1v) is 8.60. The maximum Gasteiger partial charge on any atom is 0.248 e. The van der Waals surface area contributed by atoms with Gasteiger partial charge in [0.25, 0.3) is 0 Å². The monoisotopic (exact) mass is 324 g/mol. The summed E-state index contributed by atoms with van der Waals surface area (Å²) in [6, 6.07) is 0. The predicted octanol–water partition coefficient (Wildman–Crippen LogP) is 0.633. The van der Waals surface area contributed by atoms with Crippen LogP contribution in [0, 0.1) is 11.3 Å². The van der Waals surface area contributed by atoms with E-state index < -0.39 is 5.54 Å². The normalized spacial score (nSPS) is 36.9. The molecular formula is C17H28N2O4. The highest BCUT2D eigenvalue weighted by molar-refractivity contribution is 5.89. The number of carbonyl (C=O) groups is 2. The zero-order chi connectivity index (χ0) is 16.7. The third-order valence-corrected chi connectivity index (χ3v) is 5.99. The van der Waals surface area contributed by atoms with Crippen LogP contribution in [-0.4, -0.2) is 72.7 Å². The van der Waals surface area contributed by atoms with Gasteiger partial charge in [-0.1, -0.05) is 0 Å². The molecule has 0 unspecified atom stereocenters. The van der Waals surface area contributed by atoms with Crippen molar-refractivity contribution >= 4 is 12.3 Å². The van der Waals surface area contributed by atoms with Gasteiger partial charge < -0.3 is 19.6 Å². The summed E-state index contributed by atoms with van der Waals surface area (Å²) < 4.78 is 5.21. The summed E-state index contributed by atoms with van der Waals surface area (Å²) in [6.07, 6.45) is 5.64. The third-order valence-electron chi connectivity index (χ3n) is 5.99. The lowest BCUT2D eigenvalue weighted by molar-refractivity contribution is -0.176. The predicted molar refractivity (Wildman–Crippen MR) is 84.6 cm³/mol. The van der Waals surface area contributed by atoms with Gasteiger partial charge in [-0.15, -0.1) is 0 Å². The number of carbonyl (C=O) groups excluding carboxylic acids is 2. The standard InChI is InChI=1S/C17H28N2O4/c1-18(2)15(22)17(19(12-20)7-13-8-23-9-13)10-16(11-17)5-3-14(21)4-6-16/h12-14,21H,3-11H2,1-2H3. The van der Waals surface area contributed by atoms with Gasteiger partial charge in [-0.05, 0) is 43.9 Å². The maximum absolute atomic E-state index is 12.9. The molecule has 1 N–H and O–H groups in total. The molecule has 0 radical (unpaired) electrons. The SMILES string of the molecule is CN(C)C(=O)C1(N(C=O)CC2COC2)CC2(CCC(O)CC2)C1. The quantitative estimate of drug-likeness (QED) is 0.753. The second-order valence-electron chi connectivity index (χ2n) is 7.98. The molecule has 3 aliphatic rings. The van der Waals surface area contributed by atoms with Crippen LogP contribution in [0.3, 0.4) is 0 Å². The van der Waals surface area contributed by atoms with E-state index in [2.05, 4.69) is 0 Å². The number of nitrogens with zero attached hydrogens (tertiary/aromatic N) is 2. The first-order valence-electron chi connectivity index (χ1n) is 8.60. The lowest BCUT2D eigenvalue weighted by Gasteiger charge is -2.61. The minimum absolute atomic E-state index is 0.0292. The molecule has 6 heteroatoms. The first kappa shape index (κ1) is 16.7. The van der Waals surface area contributed by atoms with Crippen molar-refractivity contribution in [2.45, 2.75) is 50.2 Å². The number of hydrogen-bond acceptors (Lipinski definition) is 4. The fourth-order valence-corrected chi connectivity index (χ4v) is 4.64. The molecule has 2 amide bonds. The fourth-order valence-electron chi connectivity index (χ4n) is 4.64. The summed E-state index contributed by atoms with van der Waals surface area (Å²) in [4.78, 5) is 28.0. The van der Waals surface area contributed by atoms with Crippen molar-refractivity contribution in [2.75, 3.05) is 33.9 Å². The second-order valence-corrected chi connectivity index (χ2v) is 7.98. The Bertz CT molecular complexity index is 459. The molecular weight excluding hydrogens is 296 g/mol. The molecule has 2 saturated carbocycles. The van der Waals surface area contributed by atoms with Crippen molar-refractivity contribution in [3.05, 3.63) is 0 Å². The molecule has 0 atom stereocenters. The summed E-state index contributed by atoms with van der Waals surface area (Å²) >= 11 is 0. The Labute approximate surface area is 137 Å². The smallest absolute Gasteiger partial charge is 0.248 e. The van der Waals surface area contributed by atoms with Crippen LogP contribution in [-0.2, 0) is 14.3 Å². The van der Waals surface area contributed by atoms with Crippen LogP contribution in [0.4, 0.5) is 0 Å². The van der Waals surface area contributed by atoms with Crippen LogP contribution in [0.1, 0.15) is 38.5 Å². The largest absolute Gasteiger partial charge is 0.393 e. The molecule has 0 bridgehead atoms. The van der Waals surface area contributed by atoms with E-state index in [9.17, 15) is 14.7 Å². The number of rotatable bonds is 5. The van der Waals surface area contributed by atoms with Crippen LogP contribution in [0.2, 0.25) is 0 Å². The van der Waals surface area contributed by atoms with Gasteiger partial charge in [-0.25, -0.2) is 0 Å². The molecule has 1 heterocycles. The number of aliphatic hydroxyl groups excluding tert-OH is 1. The molecule has 3 rings (SSSR count).